The molecule has 1 unspecified atom stereocenters. The van der Waals surface area contributed by atoms with Gasteiger partial charge in [0.1, 0.15) is 23.1 Å². The quantitative estimate of drug-likeness (QED) is 0.359. The van der Waals surface area contributed by atoms with Crippen LogP contribution < -0.4 is 14.8 Å². The monoisotopic (exact) mass is 504 g/mol. The number of aromatic nitrogens is 4. The van der Waals surface area contributed by atoms with E-state index < -0.39 is 6.10 Å². The van der Waals surface area contributed by atoms with E-state index in [-0.39, 0.29) is 5.91 Å². The van der Waals surface area contributed by atoms with E-state index in [2.05, 4.69) is 20.4 Å². The molecule has 0 saturated heterocycles. The number of furan rings is 1. The van der Waals surface area contributed by atoms with Gasteiger partial charge in [-0.15, -0.1) is 0 Å². The molecule has 1 atom stereocenters. The third-order valence-electron chi connectivity index (χ3n) is 5.59. The van der Waals surface area contributed by atoms with Crippen molar-refractivity contribution in [3.8, 4) is 28.9 Å². The lowest BCUT2D eigenvalue weighted by Gasteiger charge is -2.19. The summed E-state index contributed by atoms with van der Waals surface area (Å²) >= 11 is 0. The lowest BCUT2D eigenvalue weighted by molar-refractivity contribution is -0.122. The van der Waals surface area contributed by atoms with E-state index >= 15 is 0 Å². The predicted molar refractivity (Wildman–Crippen MR) is 140 cm³/mol. The van der Waals surface area contributed by atoms with E-state index in [1.165, 1.54) is 0 Å². The molecule has 1 N–H and O–H groups in total. The number of rotatable bonds is 9. The summed E-state index contributed by atoms with van der Waals surface area (Å²) in [5.74, 6) is 3.24. The third-order valence-corrected chi connectivity index (χ3v) is 5.59. The van der Waals surface area contributed by atoms with Crippen LogP contribution in [0.2, 0.25) is 0 Å². The van der Waals surface area contributed by atoms with Gasteiger partial charge in [0.15, 0.2) is 23.5 Å². The van der Waals surface area contributed by atoms with Gasteiger partial charge in [-0.3, -0.25) is 4.79 Å². The first kappa shape index (κ1) is 25.9. The van der Waals surface area contributed by atoms with E-state index in [0.29, 0.717) is 41.3 Å². The first-order chi connectivity index (χ1) is 17.6. The molecule has 0 aliphatic rings. The molecule has 0 aliphatic heterocycles. The van der Waals surface area contributed by atoms with Crippen molar-refractivity contribution in [1.29, 1.82) is 0 Å². The first-order valence-electron chi connectivity index (χ1n) is 11.9. The van der Waals surface area contributed by atoms with Crippen molar-refractivity contribution < 1.29 is 18.7 Å². The first-order valence-corrected chi connectivity index (χ1v) is 11.9. The highest BCUT2D eigenvalue weighted by Gasteiger charge is 2.20. The molecule has 4 rings (SSSR count). The second-order valence-corrected chi connectivity index (χ2v) is 9.14. The van der Waals surface area contributed by atoms with Crippen molar-refractivity contribution in [3.05, 3.63) is 65.2 Å². The van der Waals surface area contributed by atoms with Crippen molar-refractivity contribution in [2.45, 2.75) is 40.3 Å². The minimum Gasteiger partial charge on any atom is -0.497 e. The molecule has 1 aromatic carbocycles. The van der Waals surface area contributed by atoms with Crippen LogP contribution in [-0.2, 0) is 11.3 Å². The number of nitrogens with zero attached hydrogens (tertiary/aromatic N) is 5. The summed E-state index contributed by atoms with van der Waals surface area (Å²) in [6.45, 7) is 8.03. The number of carbonyl (C=O) groups excluding carboxylic acids is 1. The van der Waals surface area contributed by atoms with Crippen molar-refractivity contribution in [1.82, 2.24) is 24.6 Å². The third kappa shape index (κ3) is 6.15. The van der Waals surface area contributed by atoms with Crippen LogP contribution in [0.3, 0.4) is 0 Å². The molecular formula is C27H32N6O4. The topological polar surface area (TPSA) is 108 Å². The summed E-state index contributed by atoms with van der Waals surface area (Å²) in [5.41, 5.74) is 2.69. The number of hydrogen-bond acceptors (Lipinski definition) is 8. The SMILES string of the molecule is COc1ccc(CN(C)C)c(OC(C)C(=O)Nc2cc(-n3nc(C)cc3C)nc(-c3ccc(C)o3)n2)c1. The number of amides is 1. The van der Waals surface area contributed by atoms with E-state index in [0.717, 1.165) is 22.7 Å². The Bertz CT molecular complexity index is 1410. The zero-order chi connectivity index (χ0) is 26.7. The number of nitrogens with one attached hydrogen (secondary N) is 1. The molecule has 3 aromatic heterocycles. The van der Waals surface area contributed by atoms with Crippen LogP contribution in [-0.4, -0.2) is 57.9 Å². The van der Waals surface area contributed by atoms with Gasteiger partial charge in [0.2, 0.25) is 0 Å². The van der Waals surface area contributed by atoms with Crippen molar-refractivity contribution in [2.75, 3.05) is 26.5 Å². The molecule has 3 heterocycles. The highest BCUT2D eigenvalue weighted by atomic mass is 16.5. The minimum absolute atomic E-state index is 0.307. The van der Waals surface area contributed by atoms with Crippen molar-refractivity contribution in [2.24, 2.45) is 0 Å². The lowest BCUT2D eigenvalue weighted by atomic mass is 10.1. The molecule has 0 bridgehead atoms. The van der Waals surface area contributed by atoms with E-state index in [1.54, 1.807) is 36.9 Å². The second kappa shape index (κ2) is 10.8. The molecule has 10 nitrogen and oxygen atoms in total. The molecule has 10 heteroatoms. The summed E-state index contributed by atoms with van der Waals surface area (Å²) in [6, 6.07) is 12.8. The van der Waals surface area contributed by atoms with Crippen LogP contribution in [0.4, 0.5) is 5.82 Å². The van der Waals surface area contributed by atoms with Gasteiger partial charge in [-0.25, -0.2) is 14.6 Å². The molecule has 4 aromatic rings. The van der Waals surface area contributed by atoms with Crippen LogP contribution in [0.15, 0.2) is 46.9 Å². The Morgan fingerprint density at radius 1 is 1.11 bits per heavy atom. The maximum Gasteiger partial charge on any atom is 0.266 e. The van der Waals surface area contributed by atoms with Gasteiger partial charge in [-0.1, -0.05) is 6.07 Å². The van der Waals surface area contributed by atoms with Crippen LogP contribution in [0, 0.1) is 20.8 Å². The Morgan fingerprint density at radius 3 is 2.51 bits per heavy atom. The van der Waals surface area contributed by atoms with Gasteiger partial charge in [-0.2, -0.15) is 5.10 Å². The highest BCUT2D eigenvalue weighted by Crippen LogP contribution is 2.27. The smallest absolute Gasteiger partial charge is 0.266 e. The zero-order valence-electron chi connectivity index (χ0n) is 22.2. The molecule has 0 radical (unpaired) electrons. The van der Waals surface area contributed by atoms with Crippen LogP contribution in [0.5, 0.6) is 11.5 Å². The van der Waals surface area contributed by atoms with Gasteiger partial charge in [0.25, 0.3) is 5.91 Å². The number of methoxy groups -OCH3 is 1. The molecule has 37 heavy (non-hydrogen) atoms. The summed E-state index contributed by atoms with van der Waals surface area (Å²) in [5, 5.41) is 7.39. The largest absolute Gasteiger partial charge is 0.497 e. The Balaban J connectivity index is 1.62. The second-order valence-electron chi connectivity index (χ2n) is 9.14. The number of hydrogen-bond donors (Lipinski definition) is 1. The molecule has 0 saturated carbocycles. The molecule has 1 amide bonds. The van der Waals surface area contributed by atoms with E-state index in [9.17, 15) is 4.79 Å². The summed E-state index contributed by atoms with van der Waals surface area (Å²) in [4.78, 5) is 24.4. The average Bonchev–Trinajstić information content (AvgIpc) is 3.43. The van der Waals surface area contributed by atoms with E-state index in [4.69, 9.17) is 13.9 Å². The van der Waals surface area contributed by atoms with E-state index in [1.807, 2.05) is 64.0 Å². The Morgan fingerprint density at radius 2 is 1.89 bits per heavy atom. The van der Waals surface area contributed by atoms with Gasteiger partial charge in [0, 0.05) is 29.9 Å². The average molecular weight is 505 g/mol. The number of anilines is 1. The molecule has 0 fully saturated rings. The Labute approximate surface area is 216 Å². The standard InChI is InChI=1S/C27H32N6O4/c1-16-12-17(2)33(31-16)25-14-24(28-26(30-25)22-11-8-18(3)36-22)29-27(34)19(4)37-23-13-21(35-7)10-9-20(23)15-32(5)6/h8-14,19H,15H2,1-7H3,(H,28,29,30,34). The zero-order valence-corrected chi connectivity index (χ0v) is 22.2. The van der Waals surface area contributed by atoms with Crippen molar-refractivity contribution >= 4 is 11.7 Å². The number of carbonyl (C=O) groups is 1. The summed E-state index contributed by atoms with van der Waals surface area (Å²) in [6.07, 6.45) is -0.811. The van der Waals surface area contributed by atoms with Gasteiger partial charge < -0.3 is 24.1 Å². The van der Waals surface area contributed by atoms with Gasteiger partial charge in [0.05, 0.1) is 12.8 Å². The number of ether oxygens (including phenoxy) is 2. The Kier molecular flexibility index (Phi) is 7.58. The highest BCUT2D eigenvalue weighted by molar-refractivity contribution is 5.93. The predicted octanol–water partition coefficient (Wildman–Crippen LogP) is 4.32. The molecule has 194 valence electrons. The normalized spacial score (nSPS) is 12.0. The molecule has 0 spiro atoms. The summed E-state index contributed by atoms with van der Waals surface area (Å²) in [7, 11) is 5.53. The van der Waals surface area contributed by atoms with Crippen LogP contribution >= 0.6 is 0 Å². The summed E-state index contributed by atoms with van der Waals surface area (Å²) < 4.78 is 18.9. The number of aryl methyl sites for hydroxylation is 3. The maximum atomic E-state index is 13.2. The van der Waals surface area contributed by atoms with Gasteiger partial charge in [-0.05, 0) is 66.1 Å². The van der Waals surface area contributed by atoms with Crippen molar-refractivity contribution in [3.63, 3.8) is 0 Å². The fraction of sp³-hybridized carbons (Fsp3) is 0.333. The van der Waals surface area contributed by atoms with Gasteiger partial charge >= 0.3 is 0 Å². The van der Waals surface area contributed by atoms with Crippen LogP contribution in [0.25, 0.3) is 17.4 Å². The lowest BCUT2D eigenvalue weighted by Crippen LogP contribution is -2.31. The Hall–Kier alpha value is -4.18. The minimum atomic E-state index is -0.811. The fourth-order valence-corrected chi connectivity index (χ4v) is 3.85. The molecular weight excluding hydrogens is 472 g/mol. The number of benzene rings is 1. The van der Waals surface area contributed by atoms with Crippen LogP contribution in [0.1, 0.15) is 29.6 Å². The molecule has 0 aliphatic carbocycles. The maximum absolute atomic E-state index is 13.2. The fourth-order valence-electron chi connectivity index (χ4n) is 3.85.